The molecule has 0 radical (unpaired) electrons. The van der Waals surface area contributed by atoms with Crippen molar-refractivity contribution in [3.8, 4) is 0 Å². The molecule has 12 heteroatoms. The van der Waals surface area contributed by atoms with Gasteiger partial charge in [-0.3, -0.25) is 4.79 Å². The highest BCUT2D eigenvalue weighted by Crippen LogP contribution is 2.18. The van der Waals surface area contributed by atoms with Crippen molar-refractivity contribution in [2.45, 2.75) is 19.4 Å². The molecule has 42 heavy (non-hydrogen) atoms. The summed E-state index contributed by atoms with van der Waals surface area (Å²) >= 11 is 1.58. The van der Waals surface area contributed by atoms with Crippen LogP contribution in [0.4, 0.5) is 11.4 Å². The van der Waals surface area contributed by atoms with E-state index in [9.17, 15) is 13.8 Å². The Kier molecular flexibility index (Phi) is 13.3. The molecule has 10 nitrogen and oxygen atoms in total. The molecule has 0 fully saturated rings. The zero-order valence-electron chi connectivity index (χ0n) is 23.7. The van der Waals surface area contributed by atoms with Crippen LogP contribution in [-0.2, 0) is 22.3 Å². The number of carbonyl (C=O) groups excluding carboxylic acids is 2. The third kappa shape index (κ3) is 10.5. The lowest BCUT2D eigenvalue weighted by Gasteiger charge is -2.05. The fourth-order valence-corrected chi connectivity index (χ4v) is 4.72. The first-order valence-electron chi connectivity index (χ1n) is 13.1. The van der Waals surface area contributed by atoms with Crippen molar-refractivity contribution >= 4 is 69.8 Å². The van der Waals surface area contributed by atoms with E-state index in [-0.39, 0.29) is 5.91 Å². The number of hydrogen-bond donors (Lipinski definition) is 4. The van der Waals surface area contributed by atoms with Gasteiger partial charge in [-0.15, -0.1) is 0 Å². The molecule has 1 atom stereocenters. The van der Waals surface area contributed by atoms with Crippen LogP contribution in [0, 0.1) is 0 Å². The molecule has 4 N–H and O–H groups in total. The smallest absolute Gasteiger partial charge is 0.271 e. The fourth-order valence-electron chi connectivity index (χ4n) is 3.90. The van der Waals surface area contributed by atoms with Gasteiger partial charge in [0.25, 0.3) is 5.91 Å². The number of hydrazone groups is 2. The standard InChI is InChI=1S/C21H22N4O3S.C9H13N3S/c1-29(28)24-19-6-4-5-16(13-19)15-22-23-21(27)18-7-8-20-17(14-18)9-11-25(20)10-2-3-12-26;1-10-11-7-8-4-3-5-9(6-8)12-13-2/h4-9,11-15,24H,2-3,10H2,1H3,(H,23,27);3-7,10,12H,1-2H3/b22-15+;11-7+. The van der Waals surface area contributed by atoms with Crippen LogP contribution in [0.3, 0.4) is 0 Å². The first kappa shape index (κ1) is 32.1. The number of aromatic nitrogens is 1. The Hall–Kier alpha value is -4.42. The molecule has 1 unspecified atom stereocenters. The number of unbranched alkanes of at least 4 members (excludes halogenated alkanes) is 1. The number of carbonyl (C=O) groups is 2. The number of aldehydes is 1. The van der Waals surface area contributed by atoms with Gasteiger partial charge in [-0.05, 0) is 66.1 Å². The maximum atomic E-state index is 12.4. The Morgan fingerprint density at radius 2 is 1.69 bits per heavy atom. The van der Waals surface area contributed by atoms with Gasteiger partial charge in [-0.1, -0.05) is 36.2 Å². The number of anilines is 2. The SMILES string of the molecule is CN/N=C/c1cccc(NSC)c1.CS(=O)Nc1cccc(/C=N/NC(=O)c2ccc3c(ccn3CCCC=O)c2)c1. The zero-order chi connectivity index (χ0) is 30.2. The highest BCUT2D eigenvalue weighted by atomic mass is 32.2. The number of nitrogens with zero attached hydrogens (tertiary/aromatic N) is 3. The second-order valence-corrected chi connectivity index (χ2v) is 10.6. The summed E-state index contributed by atoms with van der Waals surface area (Å²) in [6, 6.07) is 22.7. The summed E-state index contributed by atoms with van der Waals surface area (Å²) in [5, 5.41) is 8.90. The number of amides is 1. The lowest BCUT2D eigenvalue weighted by molar-refractivity contribution is -0.107. The molecule has 0 bridgehead atoms. The van der Waals surface area contributed by atoms with Crippen LogP contribution in [-0.4, -0.2) is 53.0 Å². The van der Waals surface area contributed by atoms with Crippen molar-refractivity contribution in [2.24, 2.45) is 10.2 Å². The van der Waals surface area contributed by atoms with E-state index < -0.39 is 11.0 Å². The average Bonchev–Trinajstić information content (AvgIpc) is 3.39. The lowest BCUT2D eigenvalue weighted by Crippen LogP contribution is -2.17. The van der Waals surface area contributed by atoms with E-state index >= 15 is 0 Å². The Labute approximate surface area is 252 Å². The summed E-state index contributed by atoms with van der Waals surface area (Å²) < 4.78 is 19.3. The summed E-state index contributed by atoms with van der Waals surface area (Å²) in [6.07, 6.45) is 11.1. The molecule has 1 aromatic heterocycles. The summed E-state index contributed by atoms with van der Waals surface area (Å²) in [7, 11) is 0.621. The molecule has 1 heterocycles. The number of hydrogen-bond acceptors (Lipinski definition) is 8. The molecule has 0 aliphatic heterocycles. The van der Waals surface area contributed by atoms with Gasteiger partial charge in [-0.2, -0.15) is 10.2 Å². The van der Waals surface area contributed by atoms with Crippen LogP contribution in [0.25, 0.3) is 10.9 Å². The molecule has 4 aromatic rings. The largest absolute Gasteiger partial charge is 0.347 e. The molecule has 1 amide bonds. The molecule has 3 aromatic carbocycles. The van der Waals surface area contributed by atoms with Gasteiger partial charge in [0.1, 0.15) is 17.3 Å². The molecule has 0 spiro atoms. The van der Waals surface area contributed by atoms with E-state index in [2.05, 4.69) is 35.1 Å². The number of aryl methyl sites for hydroxylation is 1. The van der Waals surface area contributed by atoms with Crippen molar-refractivity contribution in [3.05, 3.63) is 95.7 Å². The lowest BCUT2D eigenvalue weighted by atomic mass is 10.1. The molecule has 0 aliphatic rings. The van der Waals surface area contributed by atoms with Gasteiger partial charge in [0, 0.05) is 66.6 Å². The molecule has 0 saturated heterocycles. The summed E-state index contributed by atoms with van der Waals surface area (Å²) in [6.45, 7) is 0.762. The van der Waals surface area contributed by atoms with Crippen molar-refractivity contribution in [2.75, 3.05) is 29.0 Å². The summed E-state index contributed by atoms with van der Waals surface area (Å²) in [4.78, 5) is 22.9. The Morgan fingerprint density at radius 1 is 0.976 bits per heavy atom. The molecular weight excluding hydrogens is 571 g/mol. The van der Waals surface area contributed by atoms with Crippen molar-refractivity contribution < 1.29 is 13.8 Å². The second-order valence-electron chi connectivity index (χ2n) is 8.89. The van der Waals surface area contributed by atoms with E-state index in [4.69, 9.17) is 0 Å². The topological polar surface area (TPSA) is 129 Å². The van der Waals surface area contributed by atoms with Gasteiger partial charge in [-0.25, -0.2) is 9.63 Å². The van der Waals surface area contributed by atoms with Crippen molar-refractivity contribution in [1.29, 1.82) is 0 Å². The normalized spacial score (nSPS) is 11.6. The van der Waals surface area contributed by atoms with Crippen LogP contribution >= 0.6 is 11.9 Å². The van der Waals surface area contributed by atoms with Gasteiger partial charge in [0.15, 0.2) is 0 Å². The third-order valence-electron chi connectivity index (χ3n) is 5.73. The van der Waals surface area contributed by atoms with E-state index in [0.717, 1.165) is 47.0 Å². The van der Waals surface area contributed by atoms with Gasteiger partial charge in [0.2, 0.25) is 0 Å². The van der Waals surface area contributed by atoms with Crippen LogP contribution in [0.2, 0.25) is 0 Å². The summed E-state index contributed by atoms with van der Waals surface area (Å²) in [5.74, 6) is -0.305. The molecule has 220 valence electrons. The fraction of sp³-hybridized carbons (Fsp3) is 0.200. The quantitative estimate of drug-likeness (QED) is 0.0557. The van der Waals surface area contributed by atoms with E-state index in [0.29, 0.717) is 17.7 Å². The number of fused-ring (bicyclic) bond motifs is 1. The minimum atomic E-state index is -1.16. The molecule has 0 aliphatic carbocycles. The van der Waals surface area contributed by atoms with Crippen LogP contribution in [0.1, 0.15) is 34.3 Å². The predicted molar refractivity (Wildman–Crippen MR) is 177 cm³/mol. The third-order valence-corrected chi connectivity index (χ3v) is 6.69. The first-order valence-corrected chi connectivity index (χ1v) is 15.9. The minimum absolute atomic E-state index is 0.305. The van der Waals surface area contributed by atoms with Gasteiger partial charge < -0.3 is 24.2 Å². The maximum Gasteiger partial charge on any atom is 0.271 e. The van der Waals surface area contributed by atoms with Gasteiger partial charge in [0.05, 0.1) is 12.4 Å². The highest BCUT2D eigenvalue weighted by molar-refractivity contribution is 7.99. The first-order chi connectivity index (χ1) is 20.4. The predicted octanol–water partition coefficient (Wildman–Crippen LogP) is 5.02. The van der Waals surface area contributed by atoms with Gasteiger partial charge >= 0.3 is 0 Å². The number of nitrogens with one attached hydrogen (secondary N) is 4. The van der Waals surface area contributed by atoms with E-state index in [1.54, 1.807) is 49.7 Å². The van der Waals surface area contributed by atoms with Crippen LogP contribution < -0.4 is 20.3 Å². The molecular formula is C30H35N7O3S2. The summed E-state index contributed by atoms with van der Waals surface area (Å²) in [5.41, 5.74) is 10.4. The Bertz CT molecular complexity index is 1550. The van der Waals surface area contributed by atoms with Crippen LogP contribution in [0.5, 0.6) is 0 Å². The number of rotatable bonds is 13. The Balaban J connectivity index is 0.000000312. The van der Waals surface area contributed by atoms with E-state index in [1.807, 2.05) is 67.0 Å². The number of benzene rings is 3. The average molecular weight is 606 g/mol. The maximum absolute atomic E-state index is 12.4. The molecule has 0 saturated carbocycles. The van der Waals surface area contributed by atoms with Crippen LogP contribution in [0.15, 0.2) is 89.2 Å². The minimum Gasteiger partial charge on any atom is -0.347 e. The van der Waals surface area contributed by atoms with Crippen molar-refractivity contribution in [3.63, 3.8) is 0 Å². The zero-order valence-corrected chi connectivity index (χ0v) is 25.4. The second kappa shape index (κ2) is 17.4. The van der Waals surface area contributed by atoms with E-state index in [1.165, 1.54) is 6.21 Å². The van der Waals surface area contributed by atoms with Crippen molar-refractivity contribution in [1.82, 2.24) is 15.4 Å². The molecule has 4 rings (SSSR count). The highest BCUT2D eigenvalue weighted by Gasteiger charge is 2.08. The Morgan fingerprint density at radius 3 is 2.38 bits per heavy atom. The monoisotopic (exact) mass is 605 g/mol.